The molecule has 1 atom stereocenters. The van der Waals surface area contributed by atoms with Gasteiger partial charge in [-0.25, -0.2) is 4.98 Å². The summed E-state index contributed by atoms with van der Waals surface area (Å²) in [5.74, 6) is 0.381. The van der Waals surface area contributed by atoms with Crippen molar-refractivity contribution in [2.45, 2.75) is 45.8 Å². The number of hydrogen-bond acceptors (Lipinski definition) is 4. The molecular formula is C24H27N5O3. The second-order valence-electron chi connectivity index (χ2n) is 8.40. The number of aromatic nitrogens is 2. The molecule has 2 heterocycles. The summed E-state index contributed by atoms with van der Waals surface area (Å²) in [5, 5.41) is 8.38. The molecule has 1 aromatic heterocycles. The lowest BCUT2D eigenvalue weighted by atomic mass is 10.1. The Hall–Kier alpha value is -3.68. The zero-order chi connectivity index (χ0) is 22.7. The van der Waals surface area contributed by atoms with Crippen molar-refractivity contribution in [2.24, 2.45) is 5.92 Å². The fourth-order valence-electron chi connectivity index (χ4n) is 3.89. The average Bonchev–Trinajstić information content (AvgIpc) is 3.05. The third-order valence-corrected chi connectivity index (χ3v) is 5.44. The smallest absolute Gasteiger partial charge is 0.254 e. The van der Waals surface area contributed by atoms with E-state index in [1.165, 1.54) is 0 Å². The summed E-state index contributed by atoms with van der Waals surface area (Å²) in [6.45, 7) is 5.39. The maximum atomic E-state index is 12.5. The van der Waals surface area contributed by atoms with Crippen molar-refractivity contribution < 1.29 is 14.4 Å². The fraction of sp³-hybridized carbons (Fsp3) is 0.333. The summed E-state index contributed by atoms with van der Waals surface area (Å²) >= 11 is 0. The minimum atomic E-state index is -0.772. The van der Waals surface area contributed by atoms with Gasteiger partial charge in [0.15, 0.2) is 0 Å². The van der Waals surface area contributed by atoms with Gasteiger partial charge in [0, 0.05) is 13.0 Å². The van der Waals surface area contributed by atoms with Gasteiger partial charge in [-0.15, -0.1) is 0 Å². The fourth-order valence-corrected chi connectivity index (χ4v) is 3.89. The highest BCUT2D eigenvalue weighted by Crippen LogP contribution is 2.20. The third kappa shape index (κ3) is 4.64. The number of para-hydroxylation sites is 3. The molecule has 1 aliphatic rings. The summed E-state index contributed by atoms with van der Waals surface area (Å²) in [5.41, 5.74) is 2.83. The van der Waals surface area contributed by atoms with Crippen LogP contribution >= 0.6 is 0 Å². The van der Waals surface area contributed by atoms with E-state index in [0.29, 0.717) is 23.7 Å². The van der Waals surface area contributed by atoms with E-state index in [9.17, 15) is 14.4 Å². The van der Waals surface area contributed by atoms with Crippen molar-refractivity contribution in [3.05, 3.63) is 59.9 Å². The first-order valence-electron chi connectivity index (χ1n) is 10.8. The zero-order valence-corrected chi connectivity index (χ0v) is 18.2. The molecule has 4 rings (SSSR count). The van der Waals surface area contributed by atoms with Crippen LogP contribution in [0.4, 0.5) is 5.69 Å². The third-order valence-electron chi connectivity index (χ3n) is 5.44. The summed E-state index contributed by atoms with van der Waals surface area (Å²) in [4.78, 5) is 42.1. The Kier molecular flexibility index (Phi) is 6.20. The zero-order valence-electron chi connectivity index (χ0n) is 18.2. The van der Waals surface area contributed by atoms with Gasteiger partial charge < -0.3 is 20.5 Å². The number of nitrogens with one attached hydrogen (secondary N) is 3. The van der Waals surface area contributed by atoms with Crippen LogP contribution in [0.25, 0.3) is 11.0 Å². The molecule has 0 aliphatic carbocycles. The standard InChI is InChI=1S/C24H27N5O3/c1-15(2)14-29-20-10-6-5-9-18(20)26-21(29)13-25-22(30)12-11-19-24(32)27-17-8-4-3-7-16(17)23(31)28-19/h3-10,15,19H,11-14H2,1-2H3,(H,25,30)(H,27,32)(H,28,31)/t19-/m1/s1. The van der Waals surface area contributed by atoms with Crippen LogP contribution in [0, 0.1) is 5.92 Å². The second-order valence-corrected chi connectivity index (χ2v) is 8.40. The van der Waals surface area contributed by atoms with Crippen molar-refractivity contribution >= 4 is 34.4 Å². The minimum absolute atomic E-state index is 0.110. The Morgan fingerprint density at radius 3 is 2.69 bits per heavy atom. The topological polar surface area (TPSA) is 105 Å². The number of amides is 3. The SMILES string of the molecule is CC(C)Cn1c(CNC(=O)CC[C@H]2NC(=O)c3ccccc3NC2=O)nc2ccccc21. The number of benzene rings is 2. The Morgan fingerprint density at radius 2 is 1.88 bits per heavy atom. The predicted molar refractivity (Wildman–Crippen MR) is 122 cm³/mol. The Morgan fingerprint density at radius 1 is 1.12 bits per heavy atom. The van der Waals surface area contributed by atoms with Crippen LogP contribution in [0.1, 0.15) is 42.9 Å². The number of fused-ring (bicyclic) bond motifs is 2. The molecule has 0 fully saturated rings. The molecule has 2 aromatic carbocycles. The monoisotopic (exact) mass is 433 g/mol. The summed E-state index contributed by atoms with van der Waals surface area (Å²) < 4.78 is 2.14. The Balaban J connectivity index is 1.37. The quantitative estimate of drug-likeness (QED) is 0.533. The number of hydrogen-bond donors (Lipinski definition) is 3. The van der Waals surface area contributed by atoms with Gasteiger partial charge in [0.05, 0.1) is 28.8 Å². The number of rotatable bonds is 7. The van der Waals surface area contributed by atoms with Gasteiger partial charge in [-0.2, -0.15) is 0 Å². The number of carbonyl (C=O) groups is 3. The van der Waals surface area contributed by atoms with Crippen LogP contribution in [-0.4, -0.2) is 33.3 Å². The van der Waals surface area contributed by atoms with Crippen molar-refractivity contribution in [1.82, 2.24) is 20.2 Å². The van der Waals surface area contributed by atoms with E-state index in [1.54, 1.807) is 24.3 Å². The molecule has 3 amide bonds. The molecule has 0 saturated carbocycles. The molecule has 0 radical (unpaired) electrons. The number of anilines is 1. The van der Waals surface area contributed by atoms with Crippen LogP contribution in [0.5, 0.6) is 0 Å². The van der Waals surface area contributed by atoms with Crippen LogP contribution in [0.2, 0.25) is 0 Å². The molecule has 8 heteroatoms. The van der Waals surface area contributed by atoms with Crippen LogP contribution < -0.4 is 16.0 Å². The Labute approximate surface area is 186 Å². The highest BCUT2D eigenvalue weighted by molar-refractivity contribution is 6.09. The van der Waals surface area contributed by atoms with Crippen LogP contribution in [0.3, 0.4) is 0 Å². The molecule has 3 N–H and O–H groups in total. The number of nitrogens with zero attached hydrogens (tertiary/aromatic N) is 2. The van der Waals surface area contributed by atoms with E-state index >= 15 is 0 Å². The Bertz CT molecular complexity index is 1170. The maximum Gasteiger partial charge on any atom is 0.254 e. The largest absolute Gasteiger partial charge is 0.349 e. The van der Waals surface area contributed by atoms with E-state index in [4.69, 9.17) is 0 Å². The van der Waals surface area contributed by atoms with Gasteiger partial charge in [0.1, 0.15) is 11.9 Å². The van der Waals surface area contributed by atoms with E-state index in [-0.39, 0.29) is 30.6 Å². The number of imidazole rings is 1. The molecule has 32 heavy (non-hydrogen) atoms. The van der Waals surface area contributed by atoms with Gasteiger partial charge in [-0.3, -0.25) is 14.4 Å². The van der Waals surface area contributed by atoms with Gasteiger partial charge >= 0.3 is 0 Å². The molecule has 8 nitrogen and oxygen atoms in total. The molecular weight excluding hydrogens is 406 g/mol. The van der Waals surface area contributed by atoms with Gasteiger partial charge in [0.2, 0.25) is 11.8 Å². The van der Waals surface area contributed by atoms with Crippen LogP contribution in [-0.2, 0) is 22.7 Å². The van der Waals surface area contributed by atoms with Gasteiger partial charge in [-0.05, 0) is 36.6 Å². The summed E-state index contributed by atoms with van der Waals surface area (Å²) in [6.07, 6.45) is 0.318. The molecule has 3 aromatic rings. The lowest BCUT2D eigenvalue weighted by molar-refractivity contribution is -0.122. The van der Waals surface area contributed by atoms with Crippen molar-refractivity contribution in [3.63, 3.8) is 0 Å². The van der Waals surface area contributed by atoms with E-state index in [2.05, 4.69) is 39.3 Å². The van der Waals surface area contributed by atoms with Gasteiger partial charge in [-0.1, -0.05) is 38.1 Å². The van der Waals surface area contributed by atoms with E-state index in [0.717, 1.165) is 23.4 Å². The molecule has 1 aliphatic heterocycles. The first kappa shape index (κ1) is 21.5. The minimum Gasteiger partial charge on any atom is -0.349 e. The normalized spacial score (nSPS) is 15.8. The number of carbonyl (C=O) groups excluding carboxylic acids is 3. The molecule has 0 unspecified atom stereocenters. The lowest BCUT2D eigenvalue weighted by Gasteiger charge is -2.15. The highest BCUT2D eigenvalue weighted by atomic mass is 16.2. The average molecular weight is 434 g/mol. The molecule has 0 bridgehead atoms. The first-order valence-corrected chi connectivity index (χ1v) is 10.8. The highest BCUT2D eigenvalue weighted by Gasteiger charge is 2.27. The van der Waals surface area contributed by atoms with Gasteiger partial charge in [0.25, 0.3) is 5.91 Å². The van der Waals surface area contributed by atoms with Crippen LogP contribution in [0.15, 0.2) is 48.5 Å². The van der Waals surface area contributed by atoms with Crippen molar-refractivity contribution in [2.75, 3.05) is 5.32 Å². The second kappa shape index (κ2) is 9.21. The predicted octanol–water partition coefficient (Wildman–Crippen LogP) is 2.84. The maximum absolute atomic E-state index is 12.5. The van der Waals surface area contributed by atoms with Crippen molar-refractivity contribution in [3.8, 4) is 0 Å². The summed E-state index contributed by atoms with van der Waals surface area (Å²) in [7, 11) is 0. The van der Waals surface area contributed by atoms with E-state index < -0.39 is 6.04 Å². The molecule has 166 valence electrons. The van der Waals surface area contributed by atoms with E-state index in [1.807, 2.05) is 24.3 Å². The first-order chi connectivity index (χ1) is 15.4. The van der Waals surface area contributed by atoms with Crippen molar-refractivity contribution in [1.29, 1.82) is 0 Å². The lowest BCUT2D eigenvalue weighted by Crippen LogP contribution is -2.42. The molecule has 0 saturated heterocycles. The summed E-state index contributed by atoms with van der Waals surface area (Å²) in [6, 6.07) is 14.0. The molecule has 0 spiro atoms.